The van der Waals surface area contributed by atoms with Gasteiger partial charge in [0.2, 0.25) is 5.43 Å². The first-order valence-electron chi connectivity index (χ1n) is 4.85. The lowest BCUT2D eigenvalue weighted by Crippen LogP contribution is -2.03. The van der Waals surface area contributed by atoms with Crippen LogP contribution in [0.2, 0.25) is 5.02 Å². The monoisotopic (exact) mass is 249 g/mol. The highest BCUT2D eigenvalue weighted by Crippen LogP contribution is 2.26. The molecule has 0 spiro atoms. The molecule has 0 atom stereocenters. The first-order valence-corrected chi connectivity index (χ1v) is 5.23. The Balaban J connectivity index is 2.66. The average molecular weight is 250 g/mol. The summed E-state index contributed by atoms with van der Waals surface area (Å²) in [7, 11) is 0. The largest absolute Gasteiger partial charge is 0.478 e. The minimum Gasteiger partial charge on any atom is -0.478 e. The molecule has 0 bridgehead atoms. The van der Waals surface area contributed by atoms with E-state index in [0.717, 1.165) is 0 Å². The number of hydrogen-bond acceptors (Lipinski definition) is 4. The van der Waals surface area contributed by atoms with Crippen molar-refractivity contribution in [3.05, 3.63) is 39.2 Å². The van der Waals surface area contributed by atoms with Crippen LogP contribution in [0.25, 0.3) is 11.0 Å². The van der Waals surface area contributed by atoms with Crippen molar-refractivity contribution in [3.63, 3.8) is 0 Å². The van der Waals surface area contributed by atoms with Gasteiger partial charge in [0.1, 0.15) is 28.7 Å². The SMILES string of the molecule is Cc1c(OCC#N)ccc2c(=O)c(Cl)coc12. The van der Waals surface area contributed by atoms with Gasteiger partial charge in [-0.1, -0.05) is 11.6 Å². The lowest BCUT2D eigenvalue weighted by atomic mass is 10.1. The van der Waals surface area contributed by atoms with Crippen molar-refractivity contribution in [2.75, 3.05) is 6.61 Å². The van der Waals surface area contributed by atoms with Gasteiger partial charge >= 0.3 is 0 Å². The van der Waals surface area contributed by atoms with E-state index >= 15 is 0 Å². The molecular weight excluding hydrogens is 242 g/mol. The topological polar surface area (TPSA) is 63.2 Å². The smallest absolute Gasteiger partial charge is 0.211 e. The minimum atomic E-state index is -0.275. The zero-order chi connectivity index (χ0) is 12.4. The Morgan fingerprint density at radius 3 is 3.00 bits per heavy atom. The Morgan fingerprint density at radius 1 is 1.53 bits per heavy atom. The van der Waals surface area contributed by atoms with E-state index in [1.165, 1.54) is 6.26 Å². The Bertz CT molecular complexity index is 670. The number of fused-ring (bicyclic) bond motifs is 1. The minimum absolute atomic E-state index is 0.0441. The summed E-state index contributed by atoms with van der Waals surface area (Å²) in [4.78, 5) is 11.7. The lowest BCUT2D eigenvalue weighted by Gasteiger charge is -2.07. The molecule has 0 saturated heterocycles. The second-order valence-electron chi connectivity index (χ2n) is 3.42. The maximum absolute atomic E-state index is 11.7. The predicted octanol–water partition coefficient (Wildman–Crippen LogP) is 2.66. The van der Waals surface area contributed by atoms with Crippen LogP contribution in [0.15, 0.2) is 27.6 Å². The average Bonchev–Trinajstić information content (AvgIpc) is 2.33. The van der Waals surface area contributed by atoms with Crippen LogP contribution in [0.5, 0.6) is 5.75 Å². The van der Waals surface area contributed by atoms with E-state index in [1.807, 2.05) is 6.07 Å². The van der Waals surface area contributed by atoms with Crippen molar-refractivity contribution >= 4 is 22.6 Å². The van der Waals surface area contributed by atoms with Crippen LogP contribution >= 0.6 is 11.6 Å². The molecule has 0 aliphatic carbocycles. The van der Waals surface area contributed by atoms with Gasteiger partial charge in [-0.05, 0) is 19.1 Å². The van der Waals surface area contributed by atoms with Gasteiger partial charge in [0.05, 0.1) is 5.39 Å². The van der Waals surface area contributed by atoms with Crippen LogP contribution in [0.4, 0.5) is 0 Å². The molecule has 4 nitrogen and oxygen atoms in total. The maximum atomic E-state index is 11.7. The molecule has 1 aromatic heterocycles. The summed E-state index contributed by atoms with van der Waals surface area (Å²) in [6.07, 6.45) is 1.20. The van der Waals surface area contributed by atoms with E-state index in [-0.39, 0.29) is 17.1 Å². The fourth-order valence-corrected chi connectivity index (χ4v) is 1.71. The van der Waals surface area contributed by atoms with Gasteiger partial charge in [-0.15, -0.1) is 0 Å². The van der Waals surface area contributed by atoms with E-state index in [0.29, 0.717) is 22.3 Å². The molecular formula is C12H8ClNO3. The van der Waals surface area contributed by atoms with Gasteiger partial charge in [-0.25, -0.2) is 0 Å². The Labute approximate surface area is 102 Å². The molecule has 86 valence electrons. The molecule has 0 saturated carbocycles. The third kappa shape index (κ3) is 1.97. The summed E-state index contributed by atoms with van der Waals surface area (Å²) in [6, 6.07) is 5.08. The first-order chi connectivity index (χ1) is 8.15. The Morgan fingerprint density at radius 2 is 2.29 bits per heavy atom. The van der Waals surface area contributed by atoms with E-state index in [1.54, 1.807) is 19.1 Å². The first kappa shape index (κ1) is 11.5. The number of nitrogens with zero attached hydrogens (tertiary/aromatic N) is 1. The predicted molar refractivity (Wildman–Crippen MR) is 63.3 cm³/mol. The second-order valence-corrected chi connectivity index (χ2v) is 3.83. The number of halogens is 1. The zero-order valence-electron chi connectivity index (χ0n) is 8.99. The van der Waals surface area contributed by atoms with Gasteiger partial charge in [-0.2, -0.15) is 5.26 Å². The van der Waals surface area contributed by atoms with Gasteiger partial charge in [-0.3, -0.25) is 4.79 Å². The highest BCUT2D eigenvalue weighted by Gasteiger charge is 2.11. The van der Waals surface area contributed by atoms with Crippen molar-refractivity contribution < 1.29 is 9.15 Å². The molecule has 1 aromatic carbocycles. The number of benzene rings is 1. The van der Waals surface area contributed by atoms with Gasteiger partial charge in [0.25, 0.3) is 0 Å². The van der Waals surface area contributed by atoms with Crippen LogP contribution in [-0.4, -0.2) is 6.61 Å². The number of ether oxygens (including phenoxy) is 1. The Hall–Kier alpha value is -1.99. The third-order valence-corrected chi connectivity index (χ3v) is 2.65. The molecule has 0 aliphatic rings. The standard InChI is InChI=1S/C12H8ClNO3/c1-7-10(16-5-4-14)3-2-8-11(15)9(13)6-17-12(7)8/h2-3,6H,5H2,1H3. The lowest BCUT2D eigenvalue weighted by molar-refractivity contribution is 0.365. The normalized spacial score (nSPS) is 10.2. The molecule has 0 aliphatic heterocycles. The van der Waals surface area contributed by atoms with Crippen LogP contribution < -0.4 is 10.2 Å². The summed E-state index contributed by atoms with van der Waals surface area (Å²) < 4.78 is 10.5. The quantitative estimate of drug-likeness (QED) is 0.821. The molecule has 2 rings (SSSR count). The molecule has 0 unspecified atom stereocenters. The van der Waals surface area contributed by atoms with Crippen molar-refractivity contribution in [1.29, 1.82) is 5.26 Å². The molecule has 0 N–H and O–H groups in total. The highest BCUT2D eigenvalue weighted by atomic mass is 35.5. The van der Waals surface area contributed by atoms with Gasteiger partial charge in [0, 0.05) is 5.56 Å². The van der Waals surface area contributed by atoms with Crippen LogP contribution in [0.1, 0.15) is 5.56 Å². The van der Waals surface area contributed by atoms with Gasteiger partial charge in [0.15, 0.2) is 6.61 Å². The maximum Gasteiger partial charge on any atom is 0.211 e. The summed E-state index contributed by atoms with van der Waals surface area (Å²) in [5.41, 5.74) is 0.823. The Kier molecular flexibility index (Phi) is 3.03. The molecule has 17 heavy (non-hydrogen) atoms. The summed E-state index contributed by atoms with van der Waals surface area (Å²) >= 11 is 5.68. The zero-order valence-corrected chi connectivity index (χ0v) is 9.75. The van der Waals surface area contributed by atoms with Crippen LogP contribution in [0.3, 0.4) is 0 Å². The second kappa shape index (κ2) is 4.48. The summed E-state index contributed by atoms with van der Waals surface area (Å²) in [6.45, 7) is 1.70. The molecule has 1 heterocycles. The van der Waals surface area contributed by atoms with E-state index in [4.69, 9.17) is 26.0 Å². The summed E-state index contributed by atoms with van der Waals surface area (Å²) in [5, 5.41) is 8.89. The molecule has 0 radical (unpaired) electrons. The number of rotatable bonds is 2. The van der Waals surface area contributed by atoms with Crippen molar-refractivity contribution in [3.8, 4) is 11.8 Å². The number of hydrogen-bond donors (Lipinski definition) is 0. The van der Waals surface area contributed by atoms with E-state index in [9.17, 15) is 4.79 Å². The third-order valence-electron chi connectivity index (χ3n) is 2.39. The van der Waals surface area contributed by atoms with Crippen molar-refractivity contribution in [2.24, 2.45) is 0 Å². The number of aryl methyl sites for hydroxylation is 1. The molecule has 5 heteroatoms. The van der Waals surface area contributed by atoms with E-state index < -0.39 is 0 Å². The highest BCUT2D eigenvalue weighted by molar-refractivity contribution is 6.30. The fourth-order valence-electron chi connectivity index (χ4n) is 1.56. The molecule has 0 amide bonds. The van der Waals surface area contributed by atoms with Crippen LogP contribution in [-0.2, 0) is 0 Å². The van der Waals surface area contributed by atoms with E-state index in [2.05, 4.69) is 0 Å². The molecule has 2 aromatic rings. The van der Waals surface area contributed by atoms with Crippen LogP contribution in [0, 0.1) is 18.3 Å². The molecule has 0 fully saturated rings. The van der Waals surface area contributed by atoms with Crippen molar-refractivity contribution in [2.45, 2.75) is 6.92 Å². The van der Waals surface area contributed by atoms with Crippen molar-refractivity contribution in [1.82, 2.24) is 0 Å². The fraction of sp³-hybridized carbons (Fsp3) is 0.167. The number of nitriles is 1. The van der Waals surface area contributed by atoms with Gasteiger partial charge < -0.3 is 9.15 Å². The summed E-state index contributed by atoms with van der Waals surface area (Å²) in [5.74, 6) is 0.518.